The van der Waals surface area contributed by atoms with E-state index in [9.17, 15) is 9.90 Å². The van der Waals surface area contributed by atoms with E-state index in [-0.39, 0.29) is 36.3 Å². The second-order valence-electron chi connectivity index (χ2n) is 11.7. The zero-order chi connectivity index (χ0) is 26.5. The van der Waals surface area contributed by atoms with Gasteiger partial charge in [0.05, 0.1) is 30.9 Å². The normalized spacial score (nSPS) is 24.5. The minimum absolute atomic E-state index is 0.0120. The highest BCUT2D eigenvalue weighted by molar-refractivity contribution is 5.79. The molecule has 38 heavy (non-hydrogen) atoms. The molecule has 6 nitrogen and oxygen atoms in total. The van der Waals surface area contributed by atoms with Gasteiger partial charge in [-0.15, -0.1) is 0 Å². The summed E-state index contributed by atoms with van der Waals surface area (Å²) < 4.78 is 17.7. The fourth-order valence-corrected chi connectivity index (χ4v) is 6.37. The fraction of sp³-hybridized carbons (Fsp3) is 0.406. The molecule has 2 aliphatic heterocycles. The van der Waals surface area contributed by atoms with Crippen molar-refractivity contribution in [1.29, 1.82) is 0 Å². The second kappa shape index (κ2) is 9.44. The van der Waals surface area contributed by atoms with Crippen LogP contribution in [0.25, 0.3) is 11.1 Å². The smallest absolute Gasteiger partial charge is 0.410 e. The van der Waals surface area contributed by atoms with Gasteiger partial charge in [0.15, 0.2) is 0 Å². The molecule has 3 aromatic carbocycles. The molecule has 3 aromatic rings. The molecule has 1 aliphatic carbocycles. The van der Waals surface area contributed by atoms with Crippen molar-refractivity contribution in [2.45, 2.75) is 62.8 Å². The highest BCUT2D eigenvalue weighted by Gasteiger charge is 2.49. The lowest BCUT2D eigenvalue weighted by Gasteiger charge is -2.51. The van der Waals surface area contributed by atoms with E-state index in [1.165, 1.54) is 22.3 Å². The Morgan fingerprint density at radius 1 is 0.921 bits per heavy atom. The van der Waals surface area contributed by atoms with Crippen LogP contribution in [0.1, 0.15) is 56.2 Å². The van der Waals surface area contributed by atoms with Gasteiger partial charge in [-0.3, -0.25) is 4.90 Å². The SMILES string of the molecule is CC(C)(C)Oc1ccc(C2(O)CC3COCC(C2)N3C(=O)OCC2c3ccccc3-c3ccccc32)cc1. The first-order valence-corrected chi connectivity index (χ1v) is 13.4. The van der Waals surface area contributed by atoms with Gasteiger partial charge in [-0.05, 0) is 60.7 Å². The van der Waals surface area contributed by atoms with Gasteiger partial charge in [-0.1, -0.05) is 60.7 Å². The van der Waals surface area contributed by atoms with Crippen molar-refractivity contribution in [2.24, 2.45) is 0 Å². The Balaban J connectivity index is 1.16. The molecule has 6 rings (SSSR count). The summed E-state index contributed by atoms with van der Waals surface area (Å²) in [7, 11) is 0. The van der Waals surface area contributed by atoms with E-state index in [4.69, 9.17) is 14.2 Å². The lowest BCUT2D eigenvalue weighted by molar-refractivity contribution is -0.136. The predicted molar refractivity (Wildman–Crippen MR) is 145 cm³/mol. The van der Waals surface area contributed by atoms with Crippen molar-refractivity contribution >= 4 is 6.09 Å². The van der Waals surface area contributed by atoms with Gasteiger partial charge < -0.3 is 19.3 Å². The van der Waals surface area contributed by atoms with Crippen molar-refractivity contribution in [1.82, 2.24) is 4.90 Å². The molecular formula is C32H35NO5. The van der Waals surface area contributed by atoms with E-state index in [2.05, 4.69) is 24.3 Å². The zero-order valence-corrected chi connectivity index (χ0v) is 22.2. The number of morpholine rings is 1. The topological polar surface area (TPSA) is 68.2 Å². The second-order valence-corrected chi connectivity index (χ2v) is 11.7. The Morgan fingerprint density at radius 2 is 1.47 bits per heavy atom. The van der Waals surface area contributed by atoms with Crippen molar-refractivity contribution < 1.29 is 24.1 Å². The third kappa shape index (κ3) is 4.56. The minimum atomic E-state index is -1.04. The lowest BCUT2D eigenvalue weighted by Crippen LogP contribution is -2.62. The maximum atomic E-state index is 13.5. The number of benzene rings is 3. The molecule has 2 heterocycles. The first kappa shape index (κ1) is 25.0. The summed E-state index contributed by atoms with van der Waals surface area (Å²) in [5.41, 5.74) is 4.30. The van der Waals surface area contributed by atoms with E-state index in [1.807, 2.05) is 74.2 Å². The summed E-state index contributed by atoms with van der Waals surface area (Å²) in [6.45, 7) is 7.07. The lowest BCUT2D eigenvalue weighted by atomic mass is 9.77. The summed E-state index contributed by atoms with van der Waals surface area (Å²) >= 11 is 0. The maximum absolute atomic E-state index is 13.5. The van der Waals surface area contributed by atoms with Gasteiger partial charge in [-0.2, -0.15) is 0 Å². The number of hydrogen-bond acceptors (Lipinski definition) is 5. The summed E-state index contributed by atoms with van der Waals surface area (Å²) in [4.78, 5) is 15.3. The molecule has 198 valence electrons. The van der Waals surface area contributed by atoms with E-state index in [1.54, 1.807) is 0 Å². The predicted octanol–water partition coefficient (Wildman–Crippen LogP) is 5.86. The molecule has 0 spiro atoms. The van der Waals surface area contributed by atoms with Crippen molar-refractivity contribution in [3.8, 4) is 16.9 Å². The molecular weight excluding hydrogens is 478 g/mol. The number of amides is 1. The van der Waals surface area contributed by atoms with Crippen LogP contribution in [0.3, 0.4) is 0 Å². The molecule has 0 aromatic heterocycles. The molecule has 3 aliphatic rings. The summed E-state index contributed by atoms with van der Waals surface area (Å²) in [5.74, 6) is 0.780. The number of fused-ring (bicyclic) bond motifs is 5. The van der Waals surface area contributed by atoms with Gasteiger partial charge >= 0.3 is 6.09 Å². The van der Waals surface area contributed by atoms with E-state index < -0.39 is 5.60 Å². The first-order valence-electron chi connectivity index (χ1n) is 13.4. The Bertz CT molecular complexity index is 1270. The summed E-state index contributed by atoms with van der Waals surface area (Å²) in [6.07, 6.45) is 0.460. The number of piperidine rings is 1. The van der Waals surface area contributed by atoms with Crippen LogP contribution in [0.5, 0.6) is 5.75 Å². The number of rotatable bonds is 4. The van der Waals surface area contributed by atoms with E-state index >= 15 is 0 Å². The van der Waals surface area contributed by atoms with Crippen LogP contribution >= 0.6 is 0 Å². The van der Waals surface area contributed by atoms with E-state index in [0.717, 1.165) is 11.3 Å². The number of nitrogens with zero attached hydrogens (tertiary/aromatic N) is 1. The van der Waals surface area contributed by atoms with Crippen LogP contribution in [0.15, 0.2) is 72.8 Å². The molecule has 2 bridgehead atoms. The van der Waals surface area contributed by atoms with Gasteiger partial charge in [-0.25, -0.2) is 4.79 Å². The van der Waals surface area contributed by atoms with Crippen LogP contribution in [-0.2, 0) is 15.1 Å². The average molecular weight is 514 g/mol. The van der Waals surface area contributed by atoms with E-state index in [0.29, 0.717) is 26.1 Å². The number of aliphatic hydroxyl groups is 1. The molecule has 2 atom stereocenters. The third-order valence-corrected chi connectivity index (χ3v) is 7.92. The Kier molecular flexibility index (Phi) is 6.20. The zero-order valence-electron chi connectivity index (χ0n) is 22.2. The van der Waals surface area contributed by atoms with Gasteiger partial charge in [0.2, 0.25) is 0 Å². The monoisotopic (exact) mass is 513 g/mol. The molecule has 2 fully saturated rings. The number of ether oxygens (including phenoxy) is 3. The Hall–Kier alpha value is -3.35. The largest absolute Gasteiger partial charge is 0.488 e. The number of carbonyl (C=O) groups excluding carboxylic acids is 1. The van der Waals surface area contributed by atoms with Gasteiger partial charge in [0, 0.05) is 18.8 Å². The van der Waals surface area contributed by atoms with Gasteiger partial charge in [0.1, 0.15) is 18.0 Å². The maximum Gasteiger partial charge on any atom is 0.410 e. The van der Waals surface area contributed by atoms with Crippen LogP contribution < -0.4 is 4.74 Å². The molecule has 0 saturated carbocycles. The Labute approximate surface area is 224 Å². The minimum Gasteiger partial charge on any atom is -0.488 e. The van der Waals surface area contributed by atoms with Crippen LogP contribution in [-0.4, -0.2) is 53.6 Å². The number of hydrogen-bond donors (Lipinski definition) is 1. The third-order valence-electron chi connectivity index (χ3n) is 7.92. The standard InChI is InChI=1S/C32H35NO5/c1-31(2,3)38-24-14-12-21(13-15-24)32(35)16-22-18-36-19-23(17-32)33(22)30(34)37-20-29-27-10-6-4-8-25(27)26-9-5-7-11-28(26)29/h4-15,22-23,29,35H,16-20H2,1-3H3. The molecule has 6 heteroatoms. The van der Waals surface area contributed by atoms with Crippen molar-refractivity contribution in [2.75, 3.05) is 19.8 Å². The average Bonchev–Trinajstić information content (AvgIpc) is 3.20. The quantitative estimate of drug-likeness (QED) is 0.473. The van der Waals surface area contributed by atoms with Crippen LogP contribution in [0.2, 0.25) is 0 Å². The number of carbonyl (C=O) groups is 1. The summed E-state index contributed by atoms with van der Waals surface area (Å²) in [6, 6.07) is 23.8. The van der Waals surface area contributed by atoms with Crippen molar-refractivity contribution in [3.63, 3.8) is 0 Å². The molecule has 1 N–H and O–H groups in total. The summed E-state index contributed by atoms with van der Waals surface area (Å²) in [5, 5.41) is 11.7. The first-order chi connectivity index (χ1) is 18.2. The van der Waals surface area contributed by atoms with Crippen LogP contribution in [0, 0.1) is 0 Å². The highest BCUT2D eigenvalue weighted by atomic mass is 16.6. The van der Waals surface area contributed by atoms with Crippen LogP contribution in [0.4, 0.5) is 4.79 Å². The fourth-order valence-electron chi connectivity index (χ4n) is 6.37. The molecule has 1 amide bonds. The van der Waals surface area contributed by atoms with Crippen molar-refractivity contribution in [3.05, 3.63) is 89.5 Å². The molecule has 0 radical (unpaired) electrons. The van der Waals surface area contributed by atoms with Gasteiger partial charge in [0.25, 0.3) is 0 Å². The molecule has 2 saturated heterocycles. The Morgan fingerprint density at radius 3 is 2.03 bits per heavy atom. The molecule has 2 unspecified atom stereocenters. The highest BCUT2D eigenvalue weighted by Crippen LogP contribution is 2.45.